The number of carbonyl (C=O) groups excluding carboxylic acids is 1. The fraction of sp³-hybridized carbons (Fsp3) is 0.278. The highest BCUT2D eigenvalue weighted by Crippen LogP contribution is 2.29. The van der Waals surface area contributed by atoms with E-state index in [1.54, 1.807) is 19.1 Å². The van der Waals surface area contributed by atoms with Gasteiger partial charge in [-0.3, -0.25) is 4.79 Å². The third-order valence-corrected chi connectivity index (χ3v) is 3.91. The van der Waals surface area contributed by atoms with Gasteiger partial charge in [-0.25, -0.2) is 0 Å². The lowest BCUT2D eigenvalue weighted by Gasteiger charge is -2.31. The molecule has 0 radical (unpaired) electrons. The van der Waals surface area contributed by atoms with Gasteiger partial charge in [0, 0.05) is 19.2 Å². The first-order valence-corrected chi connectivity index (χ1v) is 7.64. The van der Waals surface area contributed by atoms with Gasteiger partial charge >= 0.3 is 0 Å². The van der Waals surface area contributed by atoms with Crippen LogP contribution in [-0.4, -0.2) is 38.4 Å². The van der Waals surface area contributed by atoms with Gasteiger partial charge < -0.3 is 14.4 Å². The molecule has 0 N–H and O–H groups in total. The summed E-state index contributed by atoms with van der Waals surface area (Å²) in [7, 11) is 3.11. The Morgan fingerprint density at radius 1 is 1.00 bits per heavy atom. The molecule has 0 fully saturated rings. The molecule has 0 bridgehead atoms. The standard InChI is InChI=1S/C18H20ClNO3/c1-22-17(23-2)12-20(13-21)18(14-6-4-3-5-7-14)15-8-10-16(19)11-9-15/h3-11,13,17-18H,12H2,1-2H3/t18-/m0/s1. The van der Waals surface area contributed by atoms with Crippen LogP contribution in [-0.2, 0) is 14.3 Å². The van der Waals surface area contributed by atoms with Crippen molar-refractivity contribution in [1.82, 2.24) is 4.90 Å². The number of amides is 1. The van der Waals surface area contributed by atoms with E-state index in [-0.39, 0.29) is 6.04 Å². The third-order valence-electron chi connectivity index (χ3n) is 3.65. The molecular weight excluding hydrogens is 314 g/mol. The molecular formula is C18H20ClNO3. The normalized spacial score (nSPS) is 12.2. The van der Waals surface area contributed by atoms with Gasteiger partial charge in [-0.1, -0.05) is 54.1 Å². The zero-order valence-electron chi connectivity index (χ0n) is 13.2. The summed E-state index contributed by atoms with van der Waals surface area (Å²) in [4.78, 5) is 13.4. The maximum Gasteiger partial charge on any atom is 0.210 e. The van der Waals surface area contributed by atoms with Gasteiger partial charge in [0.2, 0.25) is 6.41 Å². The second-order valence-electron chi connectivity index (χ2n) is 5.07. The van der Waals surface area contributed by atoms with Gasteiger partial charge in [0.25, 0.3) is 0 Å². The summed E-state index contributed by atoms with van der Waals surface area (Å²) >= 11 is 5.98. The van der Waals surface area contributed by atoms with Crippen LogP contribution in [0.15, 0.2) is 54.6 Å². The zero-order valence-corrected chi connectivity index (χ0v) is 13.9. The average molecular weight is 334 g/mol. The quantitative estimate of drug-likeness (QED) is 0.548. The lowest BCUT2D eigenvalue weighted by atomic mass is 9.97. The number of methoxy groups -OCH3 is 2. The number of rotatable bonds is 8. The van der Waals surface area contributed by atoms with E-state index in [1.807, 2.05) is 54.6 Å². The monoisotopic (exact) mass is 333 g/mol. The maximum atomic E-state index is 11.7. The summed E-state index contributed by atoms with van der Waals surface area (Å²) in [5.41, 5.74) is 1.98. The molecule has 2 aromatic carbocycles. The molecule has 23 heavy (non-hydrogen) atoms. The Morgan fingerprint density at radius 2 is 1.57 bits per heavy atom. The smallest absolute Gasteiger partial charge is 0.210 e. The first kappa shape index (κ1) is 17.5. The molecule has 4 nitrogen and oxygen atoms in total. The second-order valence-corrected chi connectivity index (χ2v) is 5.50. The van der Waals surface area contributed by atoms with Crippen LogP contribution in [0.2, 0.25) is 5.02 Å². The van der Waals surface area contributed by atoms with Gasteiger partial charge in [-0.2, -0.15) is 0 Å². The van der Waals surface area contributed by atoms with Crippen molar-refractivity contribution >= 4 is 18.0 Å². The van der Waals surface area contributed by atoms with Crippen molar-refractivity contribution in [3.63, 3.8) is 0 Å². The van der Waals surface area contributed by atoms with Crippen molar-refractivity contribution < 1.29 is 14.3 Å². The second kappa shape index (κ2) is 8.67. The molecule has 0 aliphatic rings. The number of benzene rings is 2. The van der Waals surface area contributed by atoms with Crippen LogP contribution in [0, 0.1) is 0 Å². The van der Waals surface area contributed by atoms with E-state index in [2.05, 4.69) is 0 Å². The summed E-state index contributed by atoms with van der Waals surface area (Å²) in [5, 5.41) is 0.657. The molecule has 0 saturated carbocycles. The molecule has 0 saturated heterocycles. The van der Waals surface area contributed by atoms with Gasteiger partial charge in [-0.05, 0) is 23.3 Å². The van der Waals surface area contributed by atoms with Crippen molar-refractivity contribution in [1.29, 1.82) is 0 Å². The topological polar surface area (TPSA) is 38.8 Å². The molecule has 0 aromatic heterocycles. The van der Waals surface area contributed by atoms with Crippen molar-refractivity contribution in [2.24, 2.45) is 0 Å². The minimum atomic E-state index is -0.487. The summed E-state index contributed by atoms with van der Waals surface area (Å²) in [6.45, 7) is 0.318. The minimum Gasteiger partial charge on any atom is -0.354 e. The van der Waals surface area contributed by atoms with Gasteiger partial charge in [0.15, 0.2) is 6.29 Å². The van der Waals surface area contributed by atoms with Crippen LogP contribution < -0.4 is 0 Å². The predicted octanol–water partition coefficient (Wildman–Crippen LogP) is 3.51. The number of hydrogen-bond acceptors (Lipinski definition) is 3. The van der Waals surface area contributed by atoms with Gasteiger partial charge in [0.1, 0.15) is 0 Å². The molecule has 5 heteroatoms. The van der Waals surface area contributed by atoms with Crippen LogP contribution in [0.1, 0.15) is 17.2 Å². The fourth-order valence-corrected chi connectivity index (χ4v) is 2.61. The Labute approximate surface area is 141 Å². The summed E-state index contributed by atoms with van der Waals surface area (Å²) < 4.78 is 10.5. The van der Waals surface area contributed by atoms with E-state index in [1.165, 1.54) is 0 Å². The zero-order chi connectivity index (χ0) is 16.7. The van der Waals surface area contributed by atoms with Gasteiger partial charge in [-0.15, -0.1) is 0 Å². The van der Waals surface area contributed by atoms with Crippen LogP contribution in [0.3, 0.4) is 0 Å². The molecule has 0 aliphatic heterocycles. The van der Waals surface area contributed by atoms with Crippen LogP contribution in [0.25, 0.3) is 0 Å². The first-order valence-electron chi connectivity index (χ1n) is 7.26. The lowest BCUT2D eigenvalue weighted by molar-refractivity contribution is -0.137. The van der Waals surface area contributed by atoms with E-state index in [0.717, 1.165) is 17.5 Å². The number of ether oxygens (including phenoxy) is 2. The predicted molar refractivity (Wildman–Crippen MR) is 90.3 cm³/mol. The van der Waals surface area contributed by atoms with E-state index >= 15 is 0 Å². The van der Waals surface area contributed by atoms with E-state index in [9.17, 15) is 4.79 Å². The molecule has 0 spiro atoms. The van der Waals surface area contributed by atoms with Crippen molar-refractivity contribution in [3.05, 3.63) is 70.7 Å². The van der Waals surface area contributed by atoms with Crippen molar-refractivity contribution in [3.8, 4) is 0 Å². The lowest BCUT2D eigenvalue weighted by Crippen LogP contribution is -2.37. The Kier molecular flexibility index (Phi) is 6.59. The van der Waals surface area contributed by atoms with E-state index in [0.29, 0.717) is 11.6 Å². The van der Waals surface area contributed by atoms with Crippen molar-refractivity contribution in [2.45, 2.75) is 12.3 Å². The average Bonchev–Trinajstić information content (AvgIpc) is 2.60. The highest BCUT2D eigenvalue weighted by molar-refractivity contribution is 6.30. The largest absolute Gasteiger partial charge is 0.354 e. The van der Waals surface area contributed by atoms with E-state index < -0.39 is 6.29 Å². The van der Waals surface area contributed by atoms with Crippen LogP contribution in [0.5, 0.6) is 0 Å². The van der Waals surface area contributed by atoms with E-state index in [4.69, 9.17) is 21.1 Å². The minimum absolute atomic E-state index is 0.237. The number of hydrogen-bond donors (Lipinski definition) is 0. The number of carbonyl (C=O) groups is 1. The number of halogens is 1. The summed E-state index contributed by atoms with van der Waals surface area (Å²) in [5.74, 6) is 0. The Morgan fingerprint density at radius 3 is 2.09 bits per heavy atom. The molecule has 2 aromatic rings. The first-order chi connectivity index (χ1) is 11.2. The molecule has 0 aliphatic carbocycles. The highest BCUT2D eigenvalue weighted by atomic mass is 35.5. The third kappa shape index (κ3) is 4.55. The number of nitrogens with zero attached hydrogens (tertiary/aromatic N) is 1. The van der Waals surface area contributed by atoms with Crippen LogP contribution in [0.4, 0.5) is 0 Å². The molecule has 122 valence electrons. The Balaban J connectivity index is 2.39. The summed E-state index contributed by atoms with van der Waals surface area (Å²) in [6, 6.07) is 17.1. The molecule has 0 heterocycles. The SMILES string of the molecule is COC(CN(C=O)[C@@H](c1ccccc1)c1ccc(Cl)cc1)OC. The molecule has 1 atom stereocenters. The fourth-order valence-electron chi connectivity index (χ4n) is 2.48. The Bertz CT molecular complexity index is 599. The van der Waals surface area contributed by atoms with Gasteiger partial charge in [0.05, 0.1) is 12.6 Å². The molecule has 0 unspecified atom stereocenters. The highest BCUT2D eigenvalue weighted by Gasteiger charge is 2.24. The maximum absolute atomic E-state index is 11.7. The summed E-state index contributed by atoms with van der Waals surface area (Å²) in [6.07, 6.45) is 0.329. The van der Waals surface area contributed by atoms with Crippen LogP contribution >= 0.6 is 11.6 Å². The molecule has 1 amide bonds. The molecule has 2 rings (SSSR count). The Hall–Kier alpha value is -1.88. The van der Waals surface area contributed by atoms with Crippen molar-refractivity contribution in [2.75, 3.05) is 20.8 Å².